The number of nitrogens with zero attached hydrogens (tertiary/aromatic N) is 2. The Labute approximate surface area is 52.3 Å². The quantitative estimate of drug-likeness (QED) is 0.431. The molecule has 9 heavy (non-hydrogen) atoms. The van der Waals surface area contributed by atoms with Crippen molar-refractivity contribution in [1.82, 2.24) is 10.2 Å². The second-order valence-corrected chi connectivity index (χ2v) is 1.55. The van der Waals surface area contributed by atoms with Crippen molar-refractivity contribution in [2.75, 3.05) is 0 Å². The van der Waals surface area contributed by atoms with Crippen LogP contribution < -0.4 is 5.46 Å². The fourth-order valence-corrected chi connectivity index (χ4v) is 0.454. The first-order valence-electron chi connectivity index (χ1n) is 2.43. The van der Waals surface area contributed by atoms with Gasteiger partial charge in [0.15, 0.2) is 0 Å². The fraction of sp³-hybridized carbons (Fsp3) is 0. The maximum atomic E-state index is 8.51. The molecule has 1 aromatic rings. The van der Waals surface area contributed by atoms with E-state index in [4.69, 9.17) is 10.0 Å². The van der Waals surface area contributed by atoms with Crippen LogP contribution in [0.5, 0.6) is 0 Å². The molecule has 5 heteroatoms. The summed E-state index contributed by atoms with van der Waals surface area (Å²) in [6.07, 6.45) is 2.69. The van der Waals surface area contributed by atoms with E-state index in [1.165, 1.54) is 18.5 Å². The Morgan fingerprint density at radius 3 is 2.44 bits per heavy atom. The maximum absolute atomic E-state index is 8.51. The van der Waals surface area contributed by atoms with Crippen LogP contribution in [0, 0.1) is 0 Å². The summed E-state index contributed by atoms with van der Waals surface area (Å²) in [5.41, 5.74) is 0.352. The van der Waals surface area contributed by atoms with Crippen LogP contribution in [0.3, 0.4) is 0 Å². The van der Waals surface area contributed by atoms with Crippen molar-refractivity contribution in [3.05, 3.63) is 18.5 Å². The lowest BCUT2D eigenvalue weighted by Crippen LogP contribution is -2.29. The standard InChI is InChI=1S/C4H5BN2O2/c8-5(9)4-1-2-6-7-3-4/h1-3,8-9H. The summed E-state index contributed by atoms with van der Waals surface area (Å²) < 4.78 is 0. The van der Waals surface area contributed by atoms with Gasteiger partial charge in [-0.05, 0) is 6.07 Å². The zero-order valence-electron chi connectivity index (χ0n) is 4.60. The van der Waals surface area contributed by atoms with Crippen molar-refractivity contribution in [1.29, 1.82) is 0 Å². The van der Waals surface area contributed by atoms with Gasteiger partial charge >= 0.3 is 7.12 Å². The van der Waals surface area contributed by atoms with E-state index in [-0.39, 0.29) is 0 Å². The van der Waals surface area contributed by atoms with Crippen LogP contribution in [0.2, 0.25) is 0 Å². The largest absolute Gasteiger partial charge is 0.490 e. The molecule has 0 spiro atoms. The average molecular weight is 124 g/mol. The molecular weight excluding hydrogens is 119 g/mol. The number of hydrogen-bond acceptors (Lipinski definition) is 4. The van der Waals surface area contributed by atoms with Gasteiger partial charge in [0, 0.05) is 17.9 Å². The van der Waals surface area contributed by atoms with Crippen LogP contribution in [0.1, 0.15) is 0 Å². The van der Waals surface area contributed by atoms with E-state index in [0.717, 1.165) is 0 Å². The van der Waals surface area contributed by atoms with Crippen LogP contribution in [0.4, 0.5) is 0 Å². The summed E-state index contributed by atoms with van der Waals surface area (Å²) in [6, 6.07) is 1.48. The number of aromatic nitrogens is 2. The molecule has 4 nitrogen and oxygen atoms in total. The first-order chi connectivity index (χ1) is 4.30. The molecule has 0 saturated heterocycles. The molecule has 0 atom stereocenters. The monoisotopic (exact) mass is 124 g/mol. The molecule has 2 N–H and O–H groups in total. The molecule has 0 saturated carbocycles. The van der Waals surface area contributed by atoms with Crippen molar-refractivity contribution < 1.29 is 10.0 Å². The molecule has 1 rings (SSSR count). The second-order valence-electron chi connectivity index (χ2n) is 1.55. The van der Waals surface area contributed by atoms with Gasteiger partial charge in [-0.3, -0.25) is 0 Å². The zero-order valence-corrected chi connectivity index (χ0v) is 4.60. The van der Waals surface area contributed by atoms with Crippen molar-refractivity contribution >= 4 is 12.6 Å². The third-order valence-electron chi connectivity index (χ3n) is 0.905. The Hall–Kier alpha value is -0.935. The average Bonchev–Trinajstić information content (AvgIpc) is 1.90. The lowest BCUT2D eigenvalue weighted by atomic mass is 9.82. The predicted molar refractivity (Wildman–Crippen MR) is 31.9 cm³/mol. The minimum Gasteiger partial charge on any atom is -0.423 e. The highest BCUT2D eigenvalue weighted by atomic mass is 16.4. The minimum atomic E-state index is -1.44. The van der Waals surface area contributed by atoms with Gasteiger partial charge in [-0.15, -0.1) is 0 Å². The van der Waals surface area contributed by atoms with Gasteiger partial charge in [0.05, 0.1) is 0 Å². The van der Waals surface area contributed by atoms with Gasteiger partial charge in [0.1, 0.15) is 0 Å². The van der Waals surface area contributed by atoms with Crippen molar-refractivity contribution in [3.63, 3.8) is 0 Å². The maximum Gasteiger partial charge on any atom is 0.490 e. The Morgan fingerprint density at radius 2 is 2.11 bits per heavy atom. The van der Waals surface area contributed by atoms with E-state index in [1.54, 1.807) is 0 Å². The lowest BCUT2D eigenvalue weighted by Gasteiger charge is -1.92. The van der Waals surface area contributed by atoms with Gasteiger partial charge in [-0.1, -0.05) is 0 Å². The SMILES string of the molecule is OB(O)c1ccnnc1. The third-order valence-corrected chi connectivity index (χ3v) is 0.905. The topological polar surface area (TPSA) is 66.2 Å². The van der Waals surface area contributed by atoms with Crippen LogP contribution in [-0.2, 0) is 0 Å². The Morgan fingerprint density at radius 1 is 1.33 bits per heavy atom. The molecule has 0 aliphatic carbocycles. The normalized spacial score (nSPS) is 9.11. The fourth-order valence-electron chi connectivity index (χ4n) is 0.454. The molecule has 1 heterocycles. The highest BCUT2D eigenvalue weighted by Gasteiger charge is 2.08. The highest BCUT2D eigenvalue weighted by Crippen LogP contribution is 1.73. The molecule has 1 aromatic heterocycles. The molecule has 46 valence electrons. The molecular formula is C4H5BN2O2. The van der Waals surface area contributed by atoms with Crippen molar-refractivity contribution in [3.8, 4) is 0 Å². The summed E-state index contributed by atoms with van der Waals surface area (Å²) >= 11 is 0. The molecule has 0 amide bonds. The second kappa shape index (κ2) is 2.57. The summed E-state index contributed by atoms with van der Waals surface area (Å²) in [6.45, 7) is 0. The van der Waals surface area contributed by atoms with Crippen LogP contribution in [-0.4, -0.2) is 27.4 Å². The molecule has 0 fully saturated rings. The van der Waals surface area contributed by atoms with Gasteiger partial charge in [-0.2, -0.15) is 10.2 Å². The van der Waals surface area contributed by atoms with Crippen LogP contribution in [0.15, 0.2) is 18.5 Å². The predicted octanol–water partition coefficient (Wildman–Crippen LogP) is -1.84. The van der Waals surface area contributed by atoms with E-state index in [0.29, 0.717) is 5.46 Å². The van der Waals surface area contributed by atoms with Crippen molar-refractivity contribution in [2.24, 2.45) is 0 Å². The van der Waals surface area contributed by atoms with Crippen LogP contribution in [0.25, 0.3) is 0 Å². The van der Waals surface area contributed by atoms with Gasteiger partial charge in [-0.25, -0.2) is 0 Å². The first kappa shape index (κ1) is 6.19. The zero-order chi connectivity index (χ0) is 6.69. The van der Waals surface area contributed by atoms with Crippen molar-refractivity contribution in [2.45, 2.75) is 0 Å². The third kappa shape index (κ3) is 1.48. The molecule has 0 aromatic carbocycles. The Kier molecular flexibility index (Phi) is 1.76. The number of hydrogen-bond donors (Lipinski definition) is 2. The molecule has 0 bridgehead atoms. The molecule has 0 aliphatic rings. The van der Waals surface area contributed by atoms with Gasteiger partial charge in [0.2, 0.25) is 0 Å². The minimum absolute atomic E-state index is 0.352. The smallest absolute Gasteiger partial charge is 0.423 e. The molecule has 0 unspecified atom stereocenters. The van der Waals surface area contributed by atoms with Crippen LogP contribution >= 0.6 is 0 Å². The lowest BCUT2D eigenvalue weighted by molar-refractivity contribution is 0.425. The first-order valence-corrected chi connectivity index (χ1v) is 2.43. The van der Waals surface area contributed by atoms with Gasteiger partial charge in [0.25, 0.3) is 0 Å². The van der Waals surface area contributed by atoms with E-state index in [2.05, 4.69) is 10.2 Å². The molecule has 0 aliphatic heterocycles. The van der Waals surface area contributed by atoms with E-state index in [9.17, 15) is 0 Å². The highest BCUT2D eigenvalue weighted by molar-refractivity contribution is 6.58. The Balaban J connectivity index is 2.85. The van der Waals surface area contributed by atoms with Gasteiger partial charge < -0.3 is 10.0 Å². The summed E-state index contributed by atoms with van der Waals surface area (Å²) in [5, 5.41) is 23.9. The summed E-state index contributed by atoms with van der Waals surface area (Å²) in [4.78, 5) is 0. The summed E-state index contributed by atoms with van der Waals surface area (Å²) in [7, 11) is -1.44. The number of rotatable bonds is 1. The summed E-state index contributed by atoms with van der Waals surface area (Å²) in [5.74, 6) is 0. The Bertz CT molecular complexity index is 179. The van der Waals surface area contributed by atoms with E-state index < -0.39 is 7.12 Å². The van der Waals surface area contributed by atoms with E-state index >= 15 is 0 Å². The molecule has 0 radical (unpaired) electrons. The van der Waals surface area contributed by atoms with E-state index in [1.807, 2.05) is 0 Å².